The molecule has 7 N–H and O–H groups in total. The van der Waals surface area contributed by atoms with Crippen LogP contribution in [0, 0.1) is 0 Å². The van der Waals surface area contributed by atoms with Gasteiger partial charge in [-0.25, -0.2) is 0 Å². The van der Waals surface area contributed by atoms with Gasteiger partial charge >= 0.3 is 11.9 Å². The molecule has 0 aliphatic carbocycles. The zero-order valence-corrected chi connectivity index (χ0v) is 16.6. The molecule has 11 nitrogen and oxygen atoms in total. The average Bonchev–Trinajstić information content (AvgIpc) is 2.72. The summed E-state index contributed by atoms with van der Waals surface area (Å²) < 4.78 is 0. The fraction of sp³-hybridized carbons (Fsp3) is 0.389. The molecule has 2 amide bonds. The van der Waals surface area contributed by atoms with Crippen LogP contribution in [0.1, 0.15) is 24.5 Å². The predicted molar refractivity (Wildman–Crippen MR) is 106 cm³/mol. The van der Waals surface area contributed by atoms with Crippen molar-refractivity contribution < 1.29 is 39.3 Å². The number of hydrogen-bond donors (Lipinski definition) is 6. The lowest BCUT2D eigenvalue weighted by Crippen LogP contribution is -2.49. The first-order valence-corrected chi connectivity index (χ1v) is 9.77. The first kappa shape index (κ1) is 25.1. The molecule has 0 fully saturated rings. The van der Waals surface area contributed by atoms with Gasteiger partial charge in [0, 0.05) is 12.2 Å². The number of benzene rings is 1. The molecule has 0 bridgehead atoms. The molecule has 30 heavy (non-hydrogen) atoms. The molecule has 12 heteroatoms. The van der Waals surface area contributed by atoms with Gasteiger partial charge in [-0.15, -0.1) is 0 Å². The van der Waals surface area contributed by atoms with Crippen LogP contribution < -0.4 is 16.4 Å². The summed E-state index contributed by atoms with van der Waals surface area (Å²) in [6.45, 7) is -0.694. The SMILES string of the molecule is N[C@@H](CCC(=O)N[C@@H](CSC(=O)[C@H](O)c1ccccc1)C(=O)NCC(=O)O)C(=O)O. The Morgan fingerprint density at radius 1 is 1.07 bits per heavy atom. The van der Waals surface area contributed by atoms with Gasteiger partial charge in [0.15, 0.2) is 0 Å². The Morgan fingerprint density at radius 3 is 2.27 bits per heavy atom. The second-order valence-corrected chi connectivity index (χ2v) is 7.18. The van der Waals surface area contributed by atoms with Crippen molar-refractivity contribution in [1.82, 2.24) is 10.6 Å². The third-order valence-corrected chi connectivity index (χ3v) is 4.80. The van der Waals surface area contributed by atoms with Crippen LogP contribution in [0.2, 0.25) is 0 Å². The number of carboxylic acid groups (broad SMARTS) is 2. The first-order valence-electron chi connectivity index (χ1n) is 8.78. The average molecular weight is 441 g/mol. The Balaban J connectivity index is 2.71. The predicted octanol–water partition coefficient (Wildman–Crippen LogP) is -1.14. The van der Waals surface area contributed by atoms with Crippen molar-refractivity contribution in [2.24, 2.45) is 5.73 Å². The molecule has 0 saturated carbocycles. The van der Waals surface area contributed by atoms with E-state index in [1.807, 2.05) is 0 Å². The van der Waals surface area contributed by atoms with Crippen LogP contribution in [0.3, 0.4) is 0 Å². The quantitative estimate of drug-likeness (QED) is 0.230. The lowest BCUT2D eigenvalue weighted by Gasteiger charge is -2.18. The maximum atomic E-state index is 12.2. The number of carbonyl (C=O) groups is 5. The van der Waals surface area contributed by atoms with E-state index in [0.717, 1.165) is 0 Å². The molecule has 1 rings (SSSR count). The van der Waals surface area contributed by atoms with Gasteiger partial charge in [-0.05, 0) is 12.0 Å². The maximum Gasteiger partial charge on any atom is 0.322 e. The Morgan fingerprint density at radius 2 is 1.70 bits per heavy atom. The number of nitrogens with two attached hydrogens (primary N) is 1. The zero-order valence-electron chi connectivity index (χ0n) is 15.8. The molecule has 0 radical (unpaired) electrons. The van der Waals surface area contributed by atoms with Crippen LogP contribution in [-0.4, -0.2) is 68.6 Å². The summed E-state index contributed by atoms with van der Waals surface area (Å²) >= 11 is 0.591. The van der Waals surface area contributed by atoms with Crippen LogP contribution in [-0.2, 0) is 24.0 Å². The molecule has 0 aliphatic rings. The zero-order chi connectivity index (χ0) is 22.7. The van der Waals surface area contributed by atoms with E-state index in [1.165, 1.54) is 0 Å². The number of aliphatic carboxylic acids is 2. The summed E-state index contributed by atoms with van der Waals surface area (Å²) in [5.74, 6) is -4.40. The van der Waals surface area contributed by atoms with E-state index >= 15 is 0 Å². The molecule has 164 valence electrons. The van der Waals surface area contributed by atoms with Crippen LogP contribution in [0.15, 0.2) is 30.3 Å². The van der Waals surface area contributed by atoms with E-state index in [-0.39, 0.29) is 18.6 Å². The highest BCUT2D eigenvalue weighted by molar-refractivity contribution is 8.13. The Bertz CT molecular complexity index is 774. The lowest BCUT2D eigenvalue weighted by molar-refractivity contribution is -0.139. The summed E-state index contributed by atoms with van der Waals surface area (Å²) in [6.07, 6.45) is -1.91. The summed E-state index contributed by atoms with van der Waals surface area (Å²) in [5.41, 5.74) is 5.68. The fourth-order valence-corrected chi connectivity index (χ4v) is 3.02. The number of aliphatic hydroxyl groups is 1. The molecular formula is C18H23N3O8S. The van der Waals surface area contributed by atoms with Gasteiger partial charge in [0.2, 0.25) is 16.9 Å². The van der Waals surface area contributed by atoms with Crippen molar-refractivity contribution in [1.29, 1.82) is 0 Å². The van der Waals surface area contributed by atoms with Crippen LogP contribution in [0.5, 0.6) is 0 Å². The van der Waals surface area contributed by atoms with Gasteiger partial charge in [0.1, 0.15) is 24.7 Å². The number of carbonyl (C=O) groups excluding carboxylic acids is 3. The number of carboxylic acids is 2. The van der Waals surface area contributed by atoms with E-state index in [0.29, 0.717) is 17.3 Å². The van der Waals surface area contributed by atoms with Crippen LogP contribution >= 0.6 is 11.8 Å². The highest BCUT2D eigenvalue weighted by Gasteiger charge is 2.26. The second-order valence-electron chi connectivity index (χ2n) is 6.16. The Labute approximate surface area is 176 Å². The largest absolute Gasteiger partial charge is 0.480 e. The Kier molecular flexibility index (Phi) is 10.5. The van der Waals surface area contributed by atoms with Crippen molar-refractivity contribution in [2.45, 2.75) is 31.0 Å². The minimum atomic E-state index is -1.44. The highest BCUT2D eigenvalue weighted by Crippen LogP contribution is 2.20. The van der Waals surface area contributed by atoms with E-state index in [4.69, 9.17) is 15.9 Å². The van der Waals surface area contributed by atoms with Gasteiger partial charge in [-0.3, -0.25) is 24.0 Å². The Hall–Kier alpha value is -2.96. The summed E-state index contributed by atoms with van der Waals surface area (Å²) in [5, 5.41) is 31.3. The molecule has 0 unspecified atom stereocenters. The van der Waals surface area contributed by atoms with Crippen molar-refractivity contribution >= 4 is 40.6 Å². The molecule has 0 spiro atoms. The smallest absolute Gasteiger partial charge is 0.322 e. The third-order valence-electron chi connectivity index (χ3n) is 3.80. The van der Waals surface area contributed by atoms with Crippen molar-refractivity contribution in [3.05, 3.63) is 35.9 Å². The maximum absolute atomic E-state index is 12.2. The molecule has 0 saturated heterocycles. The topological polar surface area (TPSA) is 196 Å². The standard InChI is InChI=1S/C18H23N3O8S/c19-11(17(27)28)6-7-13(22)21-12(16(26)20-8-14(23)24)9-30-18(29)15(25)10-4-2-1-3-5-10/h1-5,11-12,15,25H,6-9,19H2,(H,20,26)(H,21,22)(H,23,24)(H,27,28)/t11-,12-,15+/m0/s1. The van der Waals surface area contributed by atoms with E-state index in [2.05, 4.69) is 10.6 Å². The van der Waals surface area contributed by atoms with Crippen LogP contribution in [0.4, 0.5) is 0 Å². The van der Waals surface area contributed by atoms with Crippen molar-refractivity contribution in [3.8, 4) is 0 Å². The van der Waals surface area contributed by atoms with Crippen molar-refractivity contribution in [2.75, 3.05) is 12.3 Å². The molecule has 0 heterocycles. The molecular weight excluding hydrogens is 418 g/mol. The monoisotopic (exact) mass is 441 g/mol. The van der Waals surface area contributed by atoms with Gasteiger partial charge in [-0.1, -0.05) is 42.1 Å². The van der Waals surface area contributed by atoms with E-state index in [1.54, 1.807) is 30.3 Å². The van der Waals surface area contributed by atoms with Gasteiger partial charge < -0.3 is 31.7 Å². The molecule has 3 atom stereocenters. The lowest BCUT2D eigenvalue weighted by atomic mass is 10.1. The number of aliphatic hydroxyl groups excluding tert-OH is 1. The van der Waals surface area contributed by atoms with E-state index in [9.17, 15) is 29.1 Å². The van der Waals surface area contributed by atoms with Gasteiger partial charge in [0.25, 0.3) is 0 Å². The molecule has 1 aromatic carbocycles. The molecule has 0 aromatic heterocycles. The summed E-state index contributed by atoms with van der Waals surface area (Å²) in [6, 6.07) is 5.55. The fourth-order valence-electron chi connectivity index (χ4n) is 2.16. The number of thioether (sulfide) groups is 1. The number of hydrogen-bond acceptors (Lipinski definition) is 8. The van der Waals surface area contributed by atoms with Gasteiger partial charge in [-0.2, -0.15) is 0 Å². The minimum Gasteiger partial charge on any atom is -0.480 e. The first-order chi connectivity index (χ1) is 14.1. The summed E-state index contributed by atoms with van der Waals surface area (Å²) in [7, 11) is 0. The van der Waals surface area contributed by atoms with Crippen LogP contribution in [0.25, 0.3) is 0 Å². The normalized spacial score (nSPS) is 13.5. The van der Waals surface area contributed by atoms with Gasteiger partial charge in [0.05, 0.1) is 0 Å². The van der Waals surface area contributed by atoms with E-state index < -0.39 is 53.6 Å². The molecule has 1 aromatic rings. The second kappa shape index (κ2) is 12.6. The van der Waals surface area contributed by atoms with Crippen molar-refractivity contribution in [3.63, 3.8) is 0 Å². The minimum absolute atomic E-state index is 0.177. The molecule has 0 aliphatic heterocycles. The number of amides is 2. The summed E-state index contributed by atoms with van der Waals surface area (Å²) in [4.78, 5) is 57.8. The highest BCUT2D eigenvalue weighted by atomic mass is 32.2. The third kappa shape index (κ3) is 9.03. The number of nitrogens with one attached hydrogen (secondary N) is 2. The number of rotatable bonds is 12.